The Kier molecular flexibility index (Phi) is 7.14. The number of benzene rings is 9. The van der Waals surface area contributed by atoms with Gasteiger partial charge in [-0.15, -0.1) is 0 Å². The topological polar surface area (TPSA) is 42.4 Å². The molecule has 0 aliphatic heterocycles. The van der Waals surface area contributed by atoms with Gasteiger partial charge in [-0.25, -0.2) is 4.98 Å². The molecule has 0 radical (unpaired) electrons. The Balaban J connectivity index is 1.06. The molecule has 0 amide bonds. The molecule has 11 rings (SSSR count). The first kappa shape index (κ1) is 31.1. The van der Waals surface area contributed by atoms with Gasteiger partial charge in [-0.1, -0.05) is 133 Å². The molecule has 55 heavy (non-hydrogen) atoms. The monoisotopic (exact) mass is 704 g/mol. The Bertz CT molecular complexity index is 3200. The first-order valence-electron chi connectivity index (χ1n) is 18.5. The van der Waals surface area contributed by atoms with E-state index in [4.69, 9.17) is 13.8 Å². The highest BCUT2D eigenvalue weighted by atomic mass is 16.4. The number of rotatable bonds is 6. The predicted octanol–water partition coefficient (Wildman–Crippen LogP) is 14.5. The highest BCUT2D eigenvalue weighted by Crippen LogP contribution is 2.44. The van der Waals surface area contributed by atoms with Crippen molar-refractivity contribution >= 4 is 71.6 Å². The number of aromatic nitrogens is 1. The summed E-state index contributed by atoms with van der Waals surface area (Å²) in [4.78, 5) is 7.17. The van der Waals surface area contributed by atoms with Crippen molar-refractivity contribution in [3.8, 4) is 33.7 Å². The lowest BCUT2D eigenvalue weighted by atomic mass is 9.97. The maximum Gasteiger partial charge on any atom is 0.227 e. The Morgan fingerprint density at radius 3 is 1.87 bits per heavy atom. The van der Waals surface area contributed by atoms with E-state index in [1.165, 1.54) is 27.1 Å². The molecule has 0 fully saturated rings. The molecule has 0 atom stereocenters. The maximum absolute atomic E-state index is 6.45. The molecule has 9 aromatic carbocycles. The number of para-hydroxylation sites is 1. The summed E-state index contributed by atoms with van der Waals surface area (Å²) in [5.74, 6) is 0.598. The number of hydrogen-bond donors (Lipinski definition) is 0. The quantitative estimate of drug-likeness (QED) is 0.162. The zero-order valence-corrected chi connectivity index (χ0v) is 29.7. The summed E-state index contributed by atoms with van der Waals surface area (Å²) in [6.07, 6.45) is 0. The first-order chi connectivity index (χ1) is 27.2. The van der Waals surface area contributed by atoms with Gasteiger partial charge < -0.3 is 13.7 Å². The smallest absolute Gasteiger partial charge is 0.227 e. The van der Waals surface area contributed by atoms with Crippen molar-refractivity contribution in [1.29, 1.82) is 0 Å². The van der Waals surface area contributed by atoms with Crippen molar-refractivity contribution in [2.75, 3.05) is 4.90 Å². The number of hydrogen-bond acceptors (Lipinski definition) is 4. The van der Waals surface area contributed by atoms with E-state index in [-0.39, 0.29) is 0 Å². The van der Waals surface area contributed by atoms with Crippen molar-refractivity contribution in [3.05, 3.63) is 194 Å². The minimum atomic E-state index is 0.598. The number of oxazole rings is 1. The van der Waals surface area contributed by atoms with Crippen LogP contribution < -0.4 is 4.90 Å². The van der Waals surface area contributed by atoms with Gasteiger partial charge >= 0.3 is 0 Å². The molecule has 0 saturated heterocycles. The summed E-state index contributed by atoms with van der Waals surface area (Å²) >= 11 is 0. The van der Waals surface area contributed by atoms with Crippen LogP contribution in [-0.2, 0) is 0 Å². The van der Waals surface area contributed by atoms with Gasteiger partial charge in [-0.05, 0) is 92.8 Å². The zero-order valence-electron chi connectivity index (χ0n) is 29.7. The van der Waals surface area contributed by atoms with E-state index >= 15 is 0 Å². The molecule has 11 aromatic rings. The van der Waals surface area contributed by atoms with Crippen molar-refractivity contribution < 1.29 is 8.83 Å². The third-order valence-corrected chi connectivity index (χ3v) is 10.7. The number of anilines is 3. The highest BCUT2D eigenvalue weighted by Gasteiger charge is 2.20. The summed E-state index contributed by atoms with van der Waals surface area (Å²) < 4.78 is 12.7. The second kappa shape index (κ2) is 12.6. The van der Waals surface area contributed by atoms with Crippen LogP contribution in [0.25, 0.3) is 88.3 Å². The Morgan fingerprint density at radius 1 is 0.382 bits per heavy atom. The molecular weight excluding hydrogens is 673 g/mol. The van der Waals surface area contributed by atoms with Crippen LogP contribution in [0.5, 0.6) is 0 Å². The lowest BCUT2D eigenvalue weighted by molar-refractivity contribution is 0.620. The highest BCUT2D eigenvalue weighted by molar-refractivity contribution is 6.15. The third-order valence-electron chi connectivity index (χ3n) is 10.7. The molecular formula is C51H32N2O2. The third kappa shape index (κ3) is 5.26. The number of fused-ring (bicyclic) bond motifs is 7. The molecule has 4 nitrogen and oxygen atoms in total. The van der Waals surface area contributed by atoms with Gasteiger partial charge in [0.2, 0.25) is 5.89 Å². The molecule has 0 bridgehead atoms. The Labute approximate surface area is 317 Å². The Hall–Kier alpha value is -7.43. The summed E-state index contributed by atoms with van der Waals surface area (Å²) in [5.41, 5.74) is 11.8. The summed E-state index contributed by atoms with van der Waals surface area (Å²) in [6.45, 7) is 0. The normalized spacial score (nSPS) is 11.6. The zero-order chi connectivity index (χ0) is 36.3. The fraction of sp³-hybridized carbons (Fsp3) is 0. The van der Waals surface area contributed by atoms with Gasteiger partial charge in [0.25, 0.3) is 0 Å². The van der Waals surface area contributed by atoms with Gasteiger partial charge in [-0.2, -0.15) is 0 Å². The number of nitrogens with zero attached hydrogens (tertiary/aromatic N) is 2. The lowest BCUT2D eigenvalue weighted by Gasteiger charge is -2.28. The van der Waals surface area contributed by atoms with Crippen LogP contribution in [0.15, 0.2) is 203 Å². The van der Waals surface area contributed by atoms with Crippen molar-refractivity contribution in [2.24, 2.45) is 0 Å². The van der Waals surface area contributed by atoms with E-state index in [2.05, 4.69) is 157 Å². The number of furan rings is 1. The van der Waals surface area contributed by atoms with E-state index in [0.717, 1.165) is 72.4 Å². The average Bonchev–Trinajstić information content (AvgIpc) is 3.84. The molecule has 0 spiro atoms. The van der Waals surface area contributed by atoms with Crippen LogP contribution in [0.4, 0.5) is 17.1 Å². The van der Waals surface area contributed by atoms with Crippen LogP contribution in [0.3, 0.4) is 0 Å². The summed E-state index contributed by atoms with van der Waals surface area (Å²) in [6, 6.07) is 68.4. The molecule has 258 valence electrons. The largest absolute Gasteiger partial charge is 0.456 e. The van der Waals surface area contributed by atoms with Gasteiger partial charge in [-0.3, -0.25) is 0 Å². The summed E-state index contributed by atoms with van der Waals surface area (Å²) in [5, 5.41) is 6.97. The van der Waals surface area contributed by atoms with Crippen LogP contribution in [-0.4, -0.2) is 4.98 Å². The van der Waals surface area contributed by atoms with Crippen LogP contribution in [0.1, 0.15) is 0 Å². The Morgan fingerprint density at radius 2 is 1.04 bits per heavy atom. The molecule has 2 heterocycles. The van der Waals surface area contributed by atoms with E-state index < -0.39 is 0 Å². The molecule has 2 aromatic heterocycles. The molecule has 0 N–H and O–H groups in total. The minimum absolute atomic E-state index is 0.598. The van der Waals surface area contributed by atoms with Crippen LogP contribution in [0.2, 0.25) is 0 Å². The molecule has 0 saturated carbocycles. The first-order valence-corrected chi connectivity index (χ1v) is 18.5. The lowest BCUT2D eigenvalue weighted by Crippen LogP contribution is -2.11. The maximum atomic E-state index is 6.45. The van der Waals surface area contributed by atoms with Crippen LogP contribution >= 0.6 is 0 Å². The van der Waals surface area contributed by atoms with Gasteiger partial charge in [0, 0.05) is 39.3 Å². The average molecular weight is 705 g/mol. The molecule has 4 heteroatoms. The van der Waals surface area contributed by atoms with E-state index in [0.29, 0.717) is 5.89 Å². The van der Waals surface area contributed by atoms with Gasteiger partial charge in [0.1, 0.15) is 16.7 Å². The summed E-state index contributed by atoms with van der Waals surface area (Å²) in [7, 11) is 0. The van der Waals surface area contributed by atoms with Crippen LogP contribution in [0, 0.1) is 0 Å². The van der Waals surface area contributed by atoms with E-state index in [9.17, 15) is 0 Å². The second-order valence-electron chi connectivity index (χ2n) is 13.9. The predicted molar refractivity (Wildman–Crippen MR) is 227 cm³/mol. The van der Waals surface area contributed by atoms with Gasteiger partial charge in [0.05, 0.1) is 5.69 Å². The fourth-order valence-corrected chi connectivity index (χ4v) is 8.07. The molecule has 0 aliphatic carbocycles. The standard InChI is InChI=1S/C51H32N2O2/c1-3-12-33(13-4-1)41-18-9-10-20-46(41)53(39-29-26-36-23-22-34-14-7-8-17-40(34)43(36)30-39)38-27-24-35(25-28-38)42-19-11-21-47-50(42)44-31-49-45(32-48(44)54-47)52-51(55-49)37-15-5-2-6-16-37/h1-32H. The molecule has 0 aliphatic rings. The fourth-order valence-electron chi connectivity index (χ4n) is 8.07. The van der Waals surface area contributed by atoms with Crippen molar-refractivity contribution in [1.82, 2.24) is 4.98 Å². The SMILES string of the molecule is c1ccc(-c2nc3cc4oc5cccc(-c6ccc(N(c7ccc8ccc9ccccc9c8c7)c7ccccc7-c7ccccc7)cc6)c5c4cc3o2)cc1. The van der Waals surface area contributed by atoms with Gasteiger partial charge in [0.15, 0.2) is 5.58 Å². The minimum Gasteiger partial charge on any atom is -0.456 e. The second-order valence-corrected chi connectivity index (χ2v) is 13.9. The van der Waals surface area contributed by atoms with Crippen molar-refractivity contribution in [3.63, 3.8) is 0 Å². The van der Waals surface area contributed by atoms with E-state index in [1.807, 2.05) is 42.5 Å². The van der Waals surface area contributed by atoms with E-state index in [1.54, 1.807) is 0 Å². The van der Waals surface area contributed by atoms with Crippen molar-refractivity contribution in [2.45, 2.75) is 0 Å². The molecule has 0 unspecified atom stereocenters.